The predicted octanol–water partition coefficient (Wildman–Crippen LogP) is 0.409. The van der Waals surface area contributed by atoms with Crippen LogP contribution in [0.2, 0.25) is 0 Å². The summed E-state index contributed by atoms with van der Waals surface area (Å²) in [6.07, 6.45) is 0. The van der Waals surface area contributed by atoms with Crippen molar-refractivity contribution in [1.82, 2.24) is 5.32 Å². The second-order valence-electron chi connectivity index (χ2n) is 2.88. The van der Waals surface area contributed by atoms with Crippen molar-refractivity contribution in [2.75, 3.05) is 4.90 Å². The Balaban J connectivity index is 2.43. The smallest absolute Gasteiger partial charge is 0.269 e. The van der Waals surface area contributed by atoms with Crippen LogP contribution < -0.4 is 10.2 Å². The number of amides is 4. The van der Waals surface area contributed by atoms with Crippen LogP contribution in [0.5, 0.6) is 0 Å². The zero-order chi connectivity index (χ0) is 11.0. The summed E-state index contributed by atoms with van der Waals surface area (Å²) in [4.78, 5) is 33.8. The van der Waals surface area contributed by atoms with E-state index >= 15 is 0 Å². The molecule has 0 atom stereocenters. The molecule has 76 valence electrons. The van der Waals surface area contributed by atoms with Gasteiger partial charge >= 0.3 is 17.8 Å². The molecule has 15 heavy (non-hydrogen) atoms. The first kappa shape index (κ1) is 9.32. The number of nitrogens with zero attached hydrogens (tertiary/aromatic N) is 1. The molecular formula is C9H5FN2O3. The third-order valence-corrected chi connectivity index (χ3v) is 1.89. The van der Waals surface area contributed by atoms with Crippen molar-refractivity contribution in [2.24, 2.45) is 0 Å². The van der Waals surface area contributed by atoms with Crippen molar-refractivity contribution >= 4 is 23.5 Å². The summed E-state index contributed by atoms with van der Waals surface area (Å²) in [6.45, 7) is 0. The number of urea groups is 1. The predicted molar refractivity (Wildman–Crippen MR) is 47.4 cm³/mol. The van der Waals surface area contributed by atoms with Gasteiger partial charge in [0.05, 0.1) is 5.69 Å². The van der Waals surface area contributed by atoms with Gasteiger partial charge in [-0.3, -0.25) is 14.9 Å². The van der Waals surface area contributed by atoms with Crippen molar-refractivity contribution in [3.05, 3.63) is 30.1 Å². The molecule has 0 bridgehead atoms. The summed E-state index contributed by atoms with van der Waals surface area (Å²) >= 11 is 0. The molecule has 1 aliphatic heterocycles. The Bertz CT molecular complexity index is 472. The van der Waals surface area contributed by atoms with Crippen molar-refractivity contribution in [1.29, 1.82) is 0 Å². The van der Waals surface area contributed by atoms with E-state index in [4.69, 9.17) is 0 Å². The van der Waals surface area contributed by atoms with Crippen LogP contribution in [0.1, 0.15) is 0 Å². The zero-order valence-electron chi connectivity index (χ0n) is 7.36. The Labute approximate surface area is 83.5 Å². The second-order valence-corrected chi connectivity index (χ2v) is 2.88. The minimum Gasteiger partial charge on any atom is -0.269 e. The molecule has 1 saturated heterocycles. The van der Waals surface area contributed by atoms with Crippen molar-refractivity contribution in [2.45, 2.75) is 0 Å². The third-order valence-electron chi connectivity index (χ3n) is 1.89. The third kappa shape index (κ3) is 1.45. The maximum atomic E-state index is 12.8. The molecule has 1 heterocycles. The molecule has 6 heteroatoms. The van der Waals surface area contributed by atoms with Crippen LogP contribution in [0.15, 0.2) is 24.3 Å². The summed E-state index contributed by atoms with van der Waals surface area (Å²) in [5.74, 6) is -2.61. The summed E-state index contributed by atoms with van der Waals surface area (Å²) in [6, 6.07) is 4.00. The first-order chi connectivity index (χ1) is 7.09. The van der Waals surface area contributed by atoms with E-state index in [2.05, 4.69) is 0 Å². The zero-order valence-corrected chi connectivity index (χ0v) is 7.36. The lowest BCUT2D eigenvalue weighted by Gasteiger charge is -2.10. The van der Waals surface area contributed by atoms with E-state index in [1.54, 1.807) is 0 Å². The minimum absolute atomic E-state index is 0.0309. The van der Waals surface area contributed by atoms with Gasteiger partial charge in [-0.25, -0.2) is 14.1 Å². The van der Waals surface area contributed by atoms with Crippen LogP contribution in [0.4, 0.5) is 14.9 Å². The first-order valence-electron chi connectivity index (χ1n) is 4.04. The Morgan fingerprint density at radius 2 is 1.93 bits per heavy atom. The maximum absolute atomic E-state index is 12.8. The van der Waals surface area contributed by atoms with E-state index in [0.29, 0.717) is 4.90 Å². The molecule has 0 spiro atoms. The quantitative estimate of drug-likeness (QED) is 0.536. The van der Waals surface area contributed by atoms with Crippen molar-refractivity contribution < 1.29 is 18.8 Å². The molecular weight excluding hydrogens is 203 g/mol. The number of imide groups is 2. The monoisotopic (exact) mass is 208 g/mol. The maximum Gasteiger partial charge on any atom is 0.336 e. The van der Waals surface area contributed by atoms with E-state index in [9.17, 15) is 18.8 Å². The molecule has 0 aliphatic carbocycles. The van der Waals surface area contributed by atoms with Gasteiger partial charge in [0.2, 0.25) is 0 Å². The summed E-state index contributed by atoms with van der Waals surface area (Å²) in [5, 5.41) is 1.81. The van der Waals surface area contributed by atoms with E-state index in [1.165, 1.54) is 18.2 Å². The number of benzene rings is 1. The molecule has 1 aromatic rings. The fourth-order valence-corrected chi connectivity index (χ4v) is 1.25. The first-order valence-corrected chi connectivity index (χ1v) is 4.04. The number of hydrogen-bond acceptors (Lipinski definition) is 3. The number of carbonyl (C=O) groups is 3. The van der Waals surface area contributed by atoms with Crippen LogP contribution in [0.25, 0.3) is 0 Å². The Morgan fingerprint density at radius 1 is 1.20 bits per heavy atom. The van der Waals surface area contributed by atoms with Gasteiger partial charge in [0.15, 0.2) is 0 Å². The molecule has 2 rings (SSSR count). The average molecular weight is 208 g/mol. The van der Waals surface area contributed by atoms with E-state index in [-0.39, 0.29) is 5.69 Å². The van der Waals surface area contributed by atoms with Gasteiger partial charge in [-0.05, 0) is 18.2 Å². The van der Waals surface area contributed by atoms with Gasteiger partial charge in [0, 0.05) is 0 Å². The lowest BCUT2D eigenvalue weighted by molar-refractivity contribution is -0.134. The normalized spacial score (nSPS) is 15.8. The summed E-state index contributed by atoms with van der Waals surface area (Å²) in [5.41, 5.74) is 0.0309. The topological polar surface area (TPSA) is 66.5 Å². The van der Waals surface area contributed by atoms with Crippen LogP contribution >= 0.6 is 0 Å². The van der Waals surface area contributed by atoms with Crippen molar-refractivity contribution in [3.63, 3.8) is 0 Å². The molecule has 0 unspecified atom stereocenters. The van der Waals surface area contributed by atoms with E-state index in [0.717, 1.165) is 6.07 Å². The Hall–Kier alpha value is -2.24. The fraction of sp³-hybridized carbons (Fsp3) is 0. The van der Waals surface area contributed by atoms with E-state index < -0.39 is 23.7 Å². The fourth-order valence-electron chi connectivity index (χ4n) is 1.25. The van der Waals surface area contributed by atoms with Crippen molar-refractivity contribution in [3.8, 4) is 0 Å². The molecule has 0 radical (unpaired) electrons. The Morgan fingerprint density at radius 3 is 2.47 bits per heavy atom. The summed E-state index contributed by atoms with van der Waals surface area (Å²) < 4.78 is 12.8. The average Bonchev–Trinajstić information content (AvgIpc) is 2.41. The number of rotatable bonds is 1. The Kier molecular flexibility index (Phi) is 1.96. The van der Waals surface area contributed by atoms with Gasteiger partial charge in [-0.2, -0.15) is 0 Å². The highest BCUT2D eigenvalue weighted by Crippen LogP contribution is 2.18. The highest BCUT2D eigenvalue weighted by molar-refractivity contribution is 6.53. The molecule has 0 saturated carbocycles. The van der Waals surface area contributed by atoms with Crippen LogP contribution in [-0.4, -0.2) is 17.8 Å². The van der Waals surface area contributed by atoms with Gasteiger partial charge in [0.25, 0.3) is 0 Å². The van der Waals surface area contributed by atoms with Crippen LogP contribution in [-0.2, 0) is 9.59 Å². The van der Waals surface area contributed by atoms with Gasteiger partial charge in [-0.15, -0.1) is 0 Å². The lowest BCUT2D eigenvalue weighted by Crippen LogP contribution is -2.30. The SMILES string of the molecule is O=C1NC(=O)N(c2cccc(F)c2)C1=O. The largest absolute Gasteiger partial charge is 0.336 e. The highest BCUT2D eigenvalue weighted by atomic mass is 19.1. The number of halogens is 1. The molecule has 0 aromatic heterocycles. The lowest BCUT2D eigenvalue weighted by atomic mass is 10.3. The molecule has 1 aliphatic rings. The van der Waals surface area contributed by atoms with Crippen LogP contribution in [0, 0.1) is 5.82 Å². The van der Waals surface area contributed by atoms with E-state index in [1.807, 2.05) is 5.32 Å². The minimum atomic E-state index is -1.01. The van der Waals surface area contributed by atoms with Gasteiger partial charge in [-0.1, -0.05) is 6.07 Å². The number of carbonyl (C=O) groups excluding carboxylic acids is 3. The standard InChI is InChI=1S/C9H5FN2O3/c10-5-2-1-3-6(4-5)12-8(14)7(13)11-9(12)15/h1-4H,(H,11,13,15). The molecule has 1 fully saturated rings. The number of nitrogens with one attached hydrogen (secondary N) is 1. The molecule has 5 nitrogen and oxygen atoms in total. The molecule has 1 aromatic carbocycles. The summed E-state index contributed by atoms with van der Waals surface area (Å²) in [7, 11) is 0. The van der Waals surface area contributed by atoms with Crippen LogP contribution in [0.3, 0.4) is 0 Å². The second kappa shape index (κ2) is 3.16. The number of hydrogen-bond donors (Lipinski definition) is 1. The molecule has 1 N–H and O–H groups in total. The van der Waals surface area contributed by atoms with Gasteiger partial charge < -0.3 is 0 Å². The highest BCUT2D eigenvalue weighted by Gasteiger charge is 2.37. The van der Waals surface area contributed by atoms with Gasteiger partial charge in [0.1, 0.15) is 5.82 Å². The molecule has 4 amide bonds. The number of anilines is 1.